The maximum atomic E-state index is 11.3. The molecule has 0 spiro atoms. The number of hydrogen-bond donors (Lipinski definition) is 1. The first-order chi connectivity index (χ1) is 8.71. The van der Waals surface area contributed by atoms with Crippen LogP contribution in [-0.2, 0) is 14.6 Å². The Morgan fingerprint density at radius 1 is 1.32 bits per heavy atom. The van der Waals surface area contributed by atoms with E-state index in [0.717, 1.165) is 6.26 Å². The number of rotatable bonds is 6. The Morgan fingerprint density at radius 2 is 1.84 bits per heavy atom. The smallest absolute Gasteiger partial charge is 0.175 e. The summed E-state index contributed by atoms with van der Waals surface area (Å²) in [6, 6.07) is 5.99. The summed E-state index contributed by atoms with van der Waals surface area (Å²) in [4.78, 5) is 11.5. The predicted octanol–water partition coefficient (Wildman–Crippen LogP) is 2.10. The quantitative estimate of drug-likeness (QED) is 0.817. The van der Waals surface area contributed by atoms with E-state index in [4.69, 9.17) is 11.6 Å². The van der Waals surface area contributed by atoms with Gasteiger partial charge in [-0.2, -0.15) is 0 Å². The molecule has 0 aliphatic carbocycles. The molecule has 0 radical (unpaired) electrons. The van der Waals surface area contributed by atoms with Gasteiger partial charge < -0.3 is 5.11 Å². The summed E-state index contributed by atoms with van der Waals surface area (Å²) in [6.07, 6.45) is 0.792. The van der Waals surface area contributed by atoms with Gasteiger partial charge in [0.1, 0.15) is 0 Å². The number of carbonyl (C=O) groups excluding carboxylic acids is 1. The number of aliphatic hydroxyl groups excluding tert-OH is 1. The maximum absolute atomic E-state index is 11.3. The number of carbonyl (C=O) groups is 1. The fourth-order valence-corrected chi connectivity index (χ4v) is 2.32. The third kappa shape index (κ3) is 4.93. The molecule has 0 amide bonds. The highest BCUT2D eigenvalue weighted by Gasteiger charge is 2.14. The second kappa shape index (κ2) is 6.50. The standard InChI is InChI=1S/C13H17ClO4S/c1-9(14)12(15)7-8-13(16)10-3-5-11(6-4-10)19(2,17)18/h3-6,9,13,16H,7-8H2,1-2H3/t9?,13-/m0/s1. The van der Waals surface area contributed by atoms with Crippen molar-refractivity contribution in [3.63, 3.8) is 0 Å². The minimum Gasteiger partial charge on any atom is -0.388 e. The minimum atomic E-state index is -3.24. The second-order valence-corrected chi connectivity index (χ2v) is 7.15. The van der Waals surface area contributed by atoms with Crippen LogP contribution in [0.1, 0.15) is 31.4 Å². The zero-order valence-electron chi connectivity index (χ0n) is 10.8. The zero-order valence-corrected chi connectivity index (χ0v) is 12.4. The zero-order chi connectivity index (χ0) is 14.6. The Morgan fingerprint density at radius 3 is 2.26 bits per heavy atom. The summed E-state index contributed by atoms with van der Waals surface area (Å²) < 4.78 is 22.6. The number of hydrogen-bond acceptors (Lipinski definition) is 4. The number of alkyl halides is 1. The van der Waals surface area contributed by atoms with Crippen molar-refractivity contribution < 1.29 is 18.3 Å². The lowest BCUT2D eigenvalue weighted by molar-refractivity contribution is -0.119. The summed E-state index contributed by atoms with van der Waals surface area (Å²) >= 11 is 5.63. The monoisotopic (exact) mass is 304 g/mol. The van der Waals surface area contributed by atoms with Gasteiger partial charge in [-0.05, 0) is 31.0 Å². The van der Waals surface area contributed by atoms with Gasteiger partial charge in [-0.25, -0.2) is 8.42 Å². The molecule has 1 aromatic rings. The van der Waals surface area contributed by atoms with Crippen LogP contribution < -0.4 is 0 Å². The van der Waals surface area contributed by atoms with Crippen LogP contribution in [0.2, 0.25) is 0 Å². The fraction of sp³-hybridized carbons (Fsp3) is 0.462. The average molecular weight is 305 g/mol. The molecule has 1 unspecified atom stereocenters. The molecule has 0 aromatic heterocycles. The van der Waals surface area contributed by atoms with Gasteiger partial charge in [0.15, 0.2) is 15.6 Å². The lowest BCUT2D eigenvalue weighted by atomic mass is 10.0. The van der Waals surface area contributed by atoms with Crippen LogP contribution in [-0.4, -0.2) is 30.9 Å². The molecule has 0 aliphatic heterocycles. The van der Waals surface area contributed by atoms with E-state index in [9.17, 15) is 18.3 Å². The molecule has 1 N–H and O–H groups in total. The number of aliphatic hydroxyl groups is 1. The van der Waals surface area contributed by atoms with Gasteiger partial charge in [-0.1, -0.05) is 12.1 Å². The highest BCUT2D eigenvalue weighted by molar-refractivity contribution is 7.90. The number of Topliss-reactive ketones (excluding diaryl/α,β-unsaturated/α-hetero) is 1. The molecule has 1 aromatic carbocycles. The van der Waals surface area contributed by atoms with E-state index in [1.54, 1.807) is 19.1 Å². The maximum Gasteiger partial charge on any atom is 0.175 e. The van der Waals surface area contributed by atoms with Gasteiger partial charge in [0.05, 0.1) is 16.4 Å². The van der Waals surface area contributed by atoms with Crippen LogP contribution in [0.5, 0.6) is 0 Å². The van der Waals surface area contributed by atoms with Crippen molar-refractivity contribution in [3.05, 3.63) is 29.8 Å². The number of sulfone groups is 1. The van der Waals surface area contributed by atoms with Crippen molar-refractivity contribution in [1.29, 1.82) is 0 Å². The Bertz CT molecular complexity index is 534. The van der Waals surface area contributed by atoms with E-state index in [0.29, 0.717) is 5.56 Å². The third-order valence-corrected chi connectivity index (χ3v) is 4.17. The highest BCUT2D eigenvalue weighted by Crippen LogP contribution is 2.21. The predicted molar refractivity (Wildman–Crippen MR) is 74.1 cm³/mol. The van der Waals surface area contributed by atoms with Gasteiger partial charge in [0, 0.05) is 12.7 Å². The van der Waals surface area contributed by atoms with E-state index in [1.807, 2.05) is 0 Å². The van der Waals surface area contributed by atoms with Crippen LogP contribution in [0.3, 0.4) is 0 Å². The summed E-state index contributed by atoms with van der Waals surface area (Å²) in [7, 11) is -3.24. The molecule has 0 heterocycles. The minimum absolute atomic E-state index is 0.117. The van der Waals surface area contributed by atoms with Crippen molar-refractivity contribution in [1.82, 2.24) is 0 Å². The van der Waals surface area contributed by atoms with Gasteiger partial charge in [0.2, 0.25) is 0 Å². The molecular weight excluding hydrogens is 288 g/mol. The molecule has 0 bridgehead atoms. The van der Waals surface area contributed by atoms with E-state index in [2.05, 4.69) is 0 Å². The van der Waals surface area contributed by atoms with Gasteiger partial charge >= 0.3 is 0 Å². The third-order valence-electron chi connectivity index (χ3n) is 2.80. The van der Waals surface area contributed by atoms with Crippen LogP contribution in [0.15, 0.2) is 29.2 Å². The molecular formula is C13H17ClO4S. The first-order valence-electron chi connectivity index (χ1n) is 5.86. The molecule has 4 nitrogen and oxygen atoms in total. The molecule has 0 fully saturated rings. The SMILES string of the molecule is CC(Cl)C(=O)CC[C@H](O)c1ccc(S(C)(=O)=O)cc1. The Kier molecular flexibility index (Phi) is 5.52. The summed E-state index contributed by atoms with van der Waals surface area (Å²) in [6.45, 7) is 1.59. The molecule has 1 rings (SSSR count). The van der Waals surface area contributed by atoms with Crippen LogP contribution in [0.25, 0.3) is 0 Å². The average Bonchev–Trinajstić information content (AvgIpc) is 2.34. The van der Waals surface area contributed by atoms with Crippen LogP contribution in [0, 0.1) is 0 Å². The largest absolute Gasteiger partial charge is 0.388 e. The van der Waals surface area contributed by atoms with Gasteiger partial charge in [-0.3, -0.25) is 4.79 Å². The number of ketones is 1. The summed E-state index contributed by atoms with van der Waals surface area (Å²) in [5, 5.41) is 9.34. The number of halogens is 1. The first kappa shape index (κ1) is 16.1. The molecule has 0 saturated heterocycles. The number of benzene rings is 1. The molecule has 0 saturated carbocycles. The normalized spacial score (nSPS) is 14.9. The Balaban J connectivity index is 2.68. The van der Waals surface area contributed by atoms with E-state index >= 15 is 0 Å². The second-order valence-electron chi connectivity index (χ2n) is 4.48. The molecule has 0 aliphatic rings. The van der Waals surface area contributed by atoms with Gasteiger partial charge in [0.25, 0.3) is 0 Å². The summed E-state index contributed by atoms with van der Waals surface area (Å²) in [5.74, 6) is -0.117. The van der Waals surface area contributed by atoms with Crippen molar-refractivity contribution in [3.8, 4) is 0 Å². The van der Waals surface area contributed by atoms with Crippen molar-refractivity contribution in [2.45, 2.75) is 36.1 Å². The Hall–Kier alpha value is -0.910. The van der Waals surface area contributed by atoms with Crippen LogP contribution in [0.4, 0.5) is 0 Å². The highest BCUT2D eigenvalue weighted by atomic mass is 35.5. The van der Waals surface area contributed by atoms with Crippen molar-refractivity contribution in [2.24, 2.45) is 0 Å². The fourth-order valence-electron chi connectivity index (χ4n) is 1.58. The summed E-state index contributed by atoms with van der Waals surface area (Å²) in [5.41, 5.74) is 0.586. The van der Waals surface area contributed by atoms with E-state index in [-0.39, 0.29) is 23.5 Å². The van der Waals surface area contributed by atoms with Gasteiger partial charge in [-0.15, -0.1) is 11.6 Å². The van der Waals surface area contributed by atoms with Crippen molar-refractivity contribution in [2.75, 3.05) is 6.26 Å². The van der Waals surface area contributed by atoms with Crippen molar-refractivity contribution >= 4 is 27.2 Å². The molecule has 6 heteroatoms. The topological polar surface area (TPSA) is 71.4 Å². The molecule has 106 valence electrons. The lowest BCUT2D eigenvalue weighted by Gasteiger charge is -2.11. The lowest BCUT2D eigenvalue weighted by Crippen LogP contribution is -2.11. The molecule has 2 atom stereocenters. The van der Waals surface area contributed by atoms with Crippen LogP contribution >= 0.6 is 11.6 Å². The Labute approximate surface area is 118 Å². The van der Waals surface area contributed by atoms with E-state index < -0.39 is 21.3 Å². The van der Waals surface area contributed by atoms with E-state index in [1.165, 1.54) is 12.1 Å². The molecule has 19 heavy (non-hydrogen) atoms. The first-order valence-corrected chi connectivity index (χ1v) is 8.19.